The van der Waals surface area contributed by atoms with Gasteiger partial charge in [0.1, 0.15) is 5.84 Å². The molecule has 1 aliphatic carbocycles. The first-order valence-corrected chi connectivity index (χ1v) is 8.20. The highest BCUT2D eigenvalue weighted by Crippen LogP contribution is 2.24. The Morgan fingerprint density at radius 1 is 1.27 bits per heavy atom. The molecule has 1 saturated carbocycles. The average Bonchev–Trinajstić information content (AvgIpc) is 2.91. The van der Waals surface area contributed by atoms with Crippen molar-refractivity contribution in [3.63, 3.8) is 0 Å². The van der Waals surface area contributed by atoms with Gasteiger partial charge in [0, 0.05) is 34.7 Å². The van der Waals surface area contributed by atoms with Gasteiger partial charge in [-0.05, 0) is 44.4 Å². The predicted molar refractivity (Wildman–Crippen MR) is 92.4 cm³/mol. The van der Waals surface area contributed by atoms with Crippen LogP contribution in [-0.4, -0.2) is 17.6 Å². The second-order valence-electron chi connectivity index (χ2n) is 6.04. The summed E-state index contributed by atoms with van der Waals surface area (Å²) < 4.78 is 0. The third kappa shape index (κ3) is 4.11. The lowest BCUT2D eigenvalue weighted by Gasteiger charge is -2.27. The Morgan fingerprint density at radius 3 is 2.95 bits per heavy atom. The molecule has 114 valence electrons. The van der Waals surface area contributed by atoms with Crippen LogP contribution >= 0.6 is 11.6 Å². The molecule has 0 bridgehead atoms. The van der Waals surface area contributed by atoms with Gasteiger partial charge in [-0.15, -0.1) is 5.10 Å². The first-order chi connectivity index (χ1) is 10.7. The van der Waals surface area contributed by atoms with Crippen molar-refractivity contribution in [2.45, 2.75) is 45.1 Å². The molecule has 2 unspecified atom stereocenters. The topological polar surface area (TPSA) is 36.8 Å². The predicted octanol–water partition coefficient (Wildman–Crippen LogP) is 4.02. The Morgan fingerprint density at radius 2 is 2.18 bits per heavy atom. The van der Waals surface area contributed by atoms with E-state index in [0.29, 0.717) is 12.0 Å². The van der Waals surface area contributed by atoms with Gasteiger partial charge in [0.05, 0.1) is 0 Å². The van der Waals surface area contributed by atoms with Crippen molar-refractivity contribution in [2.75, 3.05) is 0 Å². The summed E-state index contributed by atoms with van der Waals surface area (Å²) in [5.41, 5.74) is 2.07. The minimum Gasteiger partial charge on any atom is -0.369 e. The maximum absolute atomic E-state index is 5.99. The molecule has 0 saturated heterocycles. The van der Waals surface area contributed by atoms with Crippen LogP contribution in [0.3, 0.4) is 0 Å². The lowest BCUT2D eigenvalue weighted by atomic mass is 9.86. The molecule has 3 rings (SSSR count). The Labute approximate surface area is 136 Å². The zero-order valence-corrected chi connectivity index (χ0v) is 13.5. The van der Waals surface area contributed by atoms with E-state index in [9.17, 15) is 0 Å². The lowest BCUT2D eigenvalue weighted by molar-refractivity contribution is 0.359. The Hall–Kier alpha value is -1.79. The summed E-state index contributed by atoms with van der Waals surface area (Å²) in [7, 11) is 0. The van der Waals surface area contributed by atoms with Crippen LogP contribution in [0.2, 0.25) is 5.02 Å². The van der Waals surface area contributed by atoms with Gasteiger partial charge in [-0.1, -0.05) is 35.9 Å². The van der Waals surface area contributed by atoms with Crippen LogP contribution in [0.15, 0.2) is 34.5 Å². The maximum Gasteiger partial charge on any atom is 0.130 e. The van der Waals surface area contributed by atoms with Crippen molar-refractivity contribution >= 4 is 23.1 Å². The van der Waals surface area contributed by atoms with Gasteiger partial charge >= 0.3 is 0 Å². The number of nitrogens with one attached hydrogen (secondary N) is 1. The quantitative estimate of drug-likeness (QED) is 0.781. The summed E-state index contributed by atoms with van der Waals surface area (Å²) in [6.07, 6.45) is 5.50. The average molecular weight is 314 g/mol. The van der Waals surface area contributed by atoms with Gasteiger partial charge in [-0.3, -0.25) is 0 Å². The second kappa shape index (κ2) is 6.98. The van der Waals surface area contributed by atoms with E-state index >= 15 is 0 Å². The molecule has 1 fully saturated rings. The first-order valence-electron chi connectivity index (χ1n) is 7.83. The van der Waals surface area contributed by atoms with Crippen LogP contribution < -0.4 is 5.32 Å². The fourth-order valence-corrected chi connectivity index (χ4v) is 3.17. The van der Waals surface area contributed by atoms with Crippen LogP contribution in [0.1, 0.15) is 44.6 Å². The van der Waals surface area contributed by atoms with Gasteiger partial charge in [0.25, 0.3) is 0 Å². The molecule has 0 amide bonds. The Bertz CT molecular complexity index is 666. The zero-order chi connectivity index (χ0) is 15.4. The van der Waals surface area contributed by atoms with Gasteiger partial charge in [-0.2, -0.15) is 5.10 Å². The van der Waals surface area contributed by atoms with E-state index in [1.165, 1.54) is 19.3 Å². The number of nitrogens with zero attached hydrogens (tertiary/aromatic N) is 2. The molecule has 0 spiro atoms. The smallest absolute Gasteiger partial charge is 0.130 e. The van der Waals surface area contributed by atoms with E-state index in [2.05, 4.69) is 27.4 Å². The van der Waals surface area contributed by atoms with Crippen molar-refractivity contribution < 1.29 is 0 Å². The lowest BCUT2D eigenvalue weighted by Crippen LogP contribution is -2.38. The highest BCUT2D eigenvalue weighted by molar-refractivity contribution is 6.30. The minimum atomic E-state index is 0.439. The first kappa shape index (κ1) is 15.1. The summed E-state index contributed by atoms with van der Waals surface area (Å²) >= 11 is 5.99. The van der Waals surface area contributed by atoms with Crippen LogP contribution in [0.25, 0.3) is 0 Å². The van der Waals surface area contributed by atoms with Crippen molar-refractivity contribution in [3.8, 4) is 11.8 Å². The number of amidine groups is 1. The van der Waals surface area contributed by atoms with E-state index < -0.39 is 0 Å². The summed E-state index contributed by atoms with van der Waals surface area (Å²) in [5, 5.41) is 12.5. The summed E-state index contributed by atoms with van der Waals surface area (Å²) in [6, 6.07) is 8.20. The molecule has 1 heterocycles. The SMILES string of the molecule is CC1=NN=C(NC2CCCC(C#Cc3cccc(Cl)c3)C2)C1. The number of halogens is 1. The molecule has 1 aliphatic heterocycles. The molecule has 2 aliphatic rings. The van der Waals surface area contributed by atoms with Gasteiger partial charge in [-0.25, -0.2) is 0 Å². The molecular weight excluding hydrogens is 294 g/mol. The van der Waals surface area contributed by atoms with Crippen molar-refractivity contribution in [2.24, 2.45) is 16.1 Å². The van der Waals surface area contributed by atoms with E-state index in [4.69, 9.17) is 11.6 Å². The van der Waals surface area contributed by atoms with E-state index in [0.717, 1.165) is 35.0 Å². The highest BCUT2D eigenvalue weighted by atomic mass is 35.5. The highest BCUT2D eigenvalue weighted by Gasteiger charge is 2.22. The number of rotatable bonds is 1. The van der Waals surface area contributed by atoms with Gasteiger partial charge in [0.15, 0.2) is 0 Å². The van der Waals surface area contributed by atoms with Crippen molar-refractivity contribution in [3.05, 3.63) is 34.9 Å². The molecule has 2 atom stereocenters. The van der Waals surface area contributed by atoms with E-state index in [1.54, 1.807) is 0 Å². The molecule has 1 aromatic rings. The van der Waals surface area contributed by atoms with Gasteiger partial charge < -0.3 is 5.32 Å². The van der Waals surface area contributed by atoms with Crippen molar-refractivity contribution in [1.82, 2.24) is 5.32 Å². The third-order valence-electron chi connectivity index (χ3n) is 4.05. The van der Waals surface area contributed by atoms with E-state index in [-0.39, 0.29) is 0 Å². The fraction of sp³-hybridized carbons (Fsp3) is 0.444. The minimum absolute atomic E-state index is 0.439. The van der Waals surface area contributed by atoms with Crippen LogP contribution in [-0.2, 0) is 0 Å². The molecule has 4 heteroatoms. The monoisotopic (exact) mass is 313 g/mol. The van der Waals surface area contributed by atoms with Crippen LogP contribution in [0.5, 0.6) is 0 Å². The van der Waals surface area contributed by atoms with Gasteiger partial charge in [0.2, 0.25) is 0 Å². The van der Waals surface area contributed by atoms with Crippen LogP contribution in [0, 0.1) is 17.8 Å². The van der Waals surface area contributed by atoms with Crippen LogP contribution in [0.4, 0.5) is 0 Å². The van der Waals surface area contributed by atoms with E-state index in [1.807, 2.05) is 31.2 Å². The molecule has 0 aromatic heterocycles. The molecule has 1 aromatic carbocycles. The molecule has 1 N–H and O–H groups in total. The number of hydrogen-bond donors (Lipinski definition) is 1. The Balaban J connectivity index is 1.57. The third-order valence-corrected chi connectivity index (χ3v) is 4.29. The standard InChI is InChI=1S/C18H20ClN3/c1-13-10-18(22-21-13)20-17-7-3-5-15(12-17)9-8-14-4-2-6-16(19)11-14/h2,4,6,11,15,17H,3,5,7,10,12H2,1H3,(H,20,22). The summed E-state index contributed by atoms with van der Waals surface area (Å²) in [5.74, 6) is 8.12. The number of hydrogen-bond acceptors (Lipinski definition) is 3. The molecule has 3 nitrogen and oxygen atoms in total. The molecule has 22 heavy (non-hydrogen) atoms. The fourth-order valence-electron chi connectivity index (χ4n) is 2.98. The summed E-state index contributed by atoms with van der Waals surface area (Å²) in [4.78, 5) is 0. The number of benzene rings is 1. The Kier molecular flexibility index (Phi) is 4.80. The largest absolute Gasteiger partial charge is 0.369 e. The maximum atomic E-state index is 5.99. The summed E-state index contributed by atoms with van der Waals surface area (Å²) in [6.45, 7) is 2.01. The molecule has 0 radical (unpaired) electrons. The normalized spacial score (nSPS) is 24.1. The van der Waals surface area contributed by atoms with Crippen molar-refractivity contribution in [1.29, 1.82) is 0 Å². The molecular formula is C18H20ClN3. The second-order valence-corrected chi connectivity index (χ2v) is 6.48. The zero-order valence-electron chi connectivity index (χ0n) is 12.8.